The van der Waals surface area contributed by atoms with Gasteiger partial charge in [-0.15, -0.1) is 10.2 Å². The minimum atomic E-state index is 0.170. The van der Waals surface area contributed by atoms with Gasteiger partial charge in [0.2, 0.25) is 0 Å². The number of aromatic nitrogens is 3. The van der Waals surface area contributed by atoms with Crippen molar-refractivity contribution in [2.75, 3.05) is 25.5 Å². The molecule has 1 aromatic heterocycles. The first-order valence-electron chi connectivity index (χ1n) is 7.84. The van der Waals surface area contributed by atoms with Crippen LogP contribution in [0.3, 0.4) is 0 Å². The van der Waals surface area contributed by atoms with Crippen LogP contribution in [-0.2, 0) is 0 Å². The predicted molar refractivity (Wildman–Crippen MR) is 88.0 cm³/mol. The molecule has 22 heavy (non-hydrogen) atoms. The highest BCUT2D eigenvalue weighted by Gasteiger charge is 2.23. The first-order chi connectivity index (χ1) is 10.6. The molecule has 0 bridgehead atoms. The Labute approximate surface area is 131 Å². The molecule has 116 valence electrons. The van der Waals surface area contributed by atoms with Gasteiger partial charge in [0, 0.05) is 18.5 Å². The molecule has 1 aliphatic heterocycles. The topological polar surface area (TPSA) is 53.9 Å². The Kier molecular flexibility index (Phi) is 4.34. The van der Waals surface area contributed by atoms with Gasteiger partial charge in [0.25, 0.3) is 0 Å². The molecule has 0 saturated carbocycles. The zero-order chi connectivity index (χ0) is 15.5. The van der Waals surface area contributed by atoms with Crippen LogP contribution >= 0.6 is 0 Å². The van der Waals surface area contributed by atoms with Gasteiger partial charge in [-0.3, -0.25) is 0 Å². The van der Waals surface area contributed by atoms with E-state index in [4.69, 9.17) is 0 Å². The Morgan fingerprint density at radius 2 is 2.00 bits per heavy atom. The number of nitrogens with one attached hydrogen (secondary N) is 1. The Morgan fingerprint density at radius 1 is 1.23 bits per heavy atom. The van der Waals surface area contributed by atoms with Gasteiger partial charge >= 0.3 is 0 Å². The maximum absolute atomic E-state index is 4.60. The van der Waals surface area contributed by atoms with E-state index in [1.54, 1.807) is 0 Å². The SMILES string of the molecule is Cc1nnc([C@@H](C)c2ccccc2)c(N[C@@H]2CCN(C)C2)n1. The molecule has 2 aromatic rings. The van der Waals surface area contributed by atoms with Gasteiger partial charge in [-0.05, 0) is 32.5 Å². The van der Waals surface area contributed by atoms with Crippen molar-refractivity contribution in [3.63, 3.8) is 0 Å². The zero-order valence-corrected chi connectivity index (χ0v) is 13.5. The van der Waals surface area contributed by atoms with Crippen LogP contribution in [0.5, 0.6) is 0 Å². The molecular weight excluding hydrogens is 274 g/mol. The van der Waals surface area contributed by atoms with Gasteiger partial charge in [0.05, 0.1) is 0 Å². The average Bonchev–Trinajstić information content (AvgIpc) is 2.93. The smallest absolute Gasteiger partial charge is 0.152 e. The summed E-state index contributed by atoms with van der Waals surface area (Å²) in [7, 11) is 2.15. The third-order valence-electron chi connectivity index (χ3n) is 4.26. The number of likely N-dealkylation sites (tertiary alicyclic amines) is 1. The molecule has 0 spiro atoms. The minimum absolute atomic E-state index is 0.170. The molecule has 1 fully saturated rings. The van der Waals surface area contributed by atoms with Crippen LogP contribution in [0.1, 0.15) is 36.3 Å². The van der Waals surface area contributed by atoms with Gasteiger partial charge < -0.3 is 10.2 Å². The lowest BCUT2D eigenvalue weighted by Gasteiger charge is -2.19. The molecule has 1 aromatic carbocycles. The number of likely N-dealkylation sites (N-methyl/N-ethyl adjacent to an activating group) is 1. The third-order valence-corrected chi connectivity index (χ3v) is 4.26. The Morgan fingerprint density at radius 3 is 2.68 bits per heavy atom. The lowest BCUT2D eigenvalue weighted by molar-refractivity contribution is 0.414. The molecule has 3 rings (SSSR count). The van der Waals surface area contributed by atoms with E-state index in [0.29, 0.717) is 11.9 Å². The Bertz CT molecular complexity index is 628. The number of aryl methyl sites for hydroxylation is 1. The molecule has 5 heteroatoms. The normalized spacial score (nSPS) is 20.0. The van der Waals surface area contributed by atoms with Crippen LogP contribution in [-0.4, -0.2) is 46.3 Å². The van der Waals surface area contributed by atoms with Crippen molar-refractivity contribution in [3.05, 3.63) is 47.4 Å². The van der Waals surface area contributed by atoms with Crippen molar-refractivity contribution < 1.29 is 0 Å². The summed E-state index contributed by atoms with van der Waals surface area (Å²) in [5.74, 6) is 1.76. The molecule has 0 radical (unpaired) electrons. The van der Waals surface area contributed by atoms with E-state index in [9.17, 15) is 0 Å². The van der Waals surface area contributed by atoms with Crippen LogP contribution in [0.4, 0.5) is 5.82 Å². The maximum atomic E-state index is 4.60. The maximum Gasteiger partial charge on any atom is 0.152 e. The molecule has 0 unspecified atom stereocenters. The summed E-state index contributed by atoms with van der Waals surface area (Å²) in [6.07, 6.45) is 1.14. The van der Waals surface area contributed by atoms with Crippen molar-refractivity contribution in [1.82, 2.24) is 20.1 Å². The monoisotopic (exact) mass is 297 g/mol. The molecule has 0 amide bonds. The summed E-state index contributed by atoms with van der Waals surface area (Å²) in [5, 5.41) is 12.2. The molecule has 0 aliphatic carbocycles. The Hall–Kier alpha value is -2.01. The fourth-order valence-electron chi connectivity index (χ4n) is 2.96. The molecule has 2 atom stereocenters. The third kappa shape index (κ3) is 3.25. The van der Waals surface area contributed by atoms with Crippen molar-refractivity contribution in [1.29, 1.82) is 0 Å². The number of benzene rings is 1. The minimum Gasteiger partial charge on any atom is -0.364 e. The number of hydrogen-bond acceptors (Lipinski definition) is 5. The predicted octanol–water partition coefficient (Wildman–Crippen LogP) is 2.45. The van der Waals surface area contributed by atoms with Crippen LogP contribution in [0.15, 0.2) is 30.3 Å². The Balaban J connectivity index is 1.87. The second-order valence-corrected chi connectivity index (χ2v) is 6.12. The van der Waals surface area contributed by atoms with Gasteiger partial charge in [0.1, 0.15) is 11.5 Å². The summed E-state index contributed by atoms with van der Waals surface area (Å²) in [6, 6.07) is 10.8. The van der Waals surface area contributed by atoms with Crippen molar-refractivity contribution in [2.45, 2.75) is 32.2 Å². The van der Waals surface area contributed by atoms with Gasteiger partial charge in [-0.25, -0.2) is 4.98 Å². The molecule has 1 N–H and O–H groups in total. The standard InChI is InChI=1S/C17H23N5/c1-12(14-7-5-4-6-8-14)16-17(18-13(2)20-21-16)19-15-9-10-22(3)11-15/h4-8,12,15H,9-11H2,1-3H3,(H,18,19,20)/t12-,15+/m0/s1. The summed E-state index contributed by atoms with van der Waals surface area (Å²) in [5.41, 5.74) is 2.15. The number of anilines is 1. The van der Waals surface area contributed by atoms with Crippen LogP contribution in [0.2, 0.25) is 0 Å². The van der Waals surface area contributed by atoms with E-state index in [2.05, 4.69) is 63.6 Å². The van der Waals surface area contributed by atoms with E-state index in [1.165, 1.54) is 5.56 Å². The van der Waals surface area contributed by atoms with E-state index < -0.39 is 0 Å². The quantitative estimate of drug-likeness (QED) is 0.939. The van der Waals surface area contributed by atoms with Gasteiger partial charge in [-0.1, -0.05) is 37.3 Å². The van der Waals surface area contributed by atoms with Crippen molar-refractivity contribution >= 4 is 5.82 Å². The molecule has 5 nitrogen and oxygen atoms in total. The summed E-state index contributed by atoms with van der Waals surface area (Å²) >= 11 is 0. The number of hydrogen-bond donors (Lipinski definition) is 1. The second-order valence-electron chi connectivity index (χ2n) is 6.12. The summed E-state index contributed by atoms with van der Waals surface area (Å²) in [4.78, 5) is 6.94. The second kappa shape index (κ2) is 6.40. The first kappa shape index (κ1) is 14.9. The molecular formula is C17H23N5. The first-order valence-corrected chi connectivity index (χ1v) is 7.84. The number of nitrogens with zero attached hydrogens (tertiary/aromatic N) is 4. The van der Waals surface area contributed by atoms with Gasteiger partial charge in [-0.2, -0.15) is 0 Å². The molecule has 2 heterocycles. The van der Waals surface area contributed by atoms with E-state index in [0.717, 1.165) is 31.0 Å². The average molecular weight is 297 g/mol. The zero-order valence-electron chi connectivity index (χ0n) is 13.5. The van der Waals surface area contributed by atoms with E-state index in [-0.39, 0.29) is 5.92 Å². The lowest BCUT2D eigenvalue weighted by atomic mass is 9.97. The highest BCUT2D eigenvalue weighted by molar-refractivity contribution is 5.46. The largest absolute Gasteiger partial charge is 0.364 e. The summed E-state index contributed by atoms with van der Waals surface area (Å²) in [6.45, 7) is 6.21. The lowest BCUT2D eigenvalue weighted by Crippen LogP contribution is -2.25. The fourth-order valence-corrected chi connectivity index (χ4v) is 2.96. The van der Waals surface area contributed by atoms with Crippen molar-refractivity contribution in [2.24, 2.45) is 0 Å². The van der Waals surface area contributed by atoms with E-state index in [1.807, 2.05) is 13.0 Å². The van der Waals surface area contributed by atoms with E-state index >= 15 is 0 Å². The van der Waals surface area contributed by atoms with Crippen molar-refractivity contribution in [3.8, 4) is 0 Å². The fraction of sp³-hybridized carbons (Fsp3) is 0.471. The molecule has 1 aliphatic rings. The van der Waals surface area contributed by atoms with Crippen LogP contribution < -0.4 is 5.32 Å². The van der Waals surface area contributed by atoms with Crippen LogP contribution in [0, 0.1) is 6.92 Å². The van der Waals surface area contributed by atoms with Gasteiger partial charge in [0.15, 0.2) is 5.82 Å². The summed E-state index contributed by atoms with van der Waals surface area (Å²) < 4.78 is 0. The highest BCUT2D eigenvalue weighted by Crippen LogP contribution is 2.27. The number of rotatable bonds is 4. The highest BCUT2D eigenvalue weighted by atomic mass is 15.2. The molecule has 1 saturated heterocycles. The van der Waals surface area contributed by atoms with Crippen LogP contribution in [0.25, 0.3) is 0 Å².